The number of nitrogens with zero attached hydrogens (tertiary/aromatic N) is 2. The Labute approximate surface area is 184 Å². The third-order valence-corrected chi connectivity index (χ3v) is 6.84. The Balaban J connectivity index is 1.55. The number of amides is 1. The highest BCUT2D eigenvalue weighted by Gasteiger charge is 2.24. The van der Waals surface area contributed by atoms with Gasteiger partial charge in [-0.15, -0.1) is 11.3 Å². The lowest BCUT2D eigenvalue weighted by Gasteiger charge is -2.21. The van der Waals surface area contributed by atoms with E-state index in [2.05, 4.69) is 10.3 Å². The van der Waals surface area contributed by atoms with Crippen molar-refractivity contribution in [2.75, 3.05) is 5.32 Å². The molecule has 4 rings (SSSR count). The molecule has 0 spiro atoms. The first-order valence-corrected chi connectivity index (χ1v) is 11.3. The summed E-state index contributed by atoms with van der Waals surface area (Å²) in [6, 6.07) is 7.44. The van der Waals surface area contributed by atoms with Gasteiger partial charge in [-0.2, -0.15) is 0 Å². The number of hydrogen-bond donors (Lipinski definition) is 1. The largest absolute Gasteiger partial charge is 0.458 e. The minimum absolute atomic E-state index is 0.0550. The topological polar surface area (TPSA) is 90.3 Å². The van der Waals surface area contributed by atoms with E-state index in [1.807, 2.05) is 31.2 Å². The van der Waals surface area contributed by atoms with Gasteiger partial charge in [0.2, 0.25) is 5.91 Å². The van der Waals surface area contributed by atoms with Crippen LogP contribution in [-0.2, 0) is 16.1 Å². The van der Waals surface area contributed by atoms with Crippen LogP contribution >= 0.6 is 11.3 Å². The minimum Gasteiger partial charge on any atom is -0.458 e. The molecule has 1 aliphatic rings. The predicted molar refractivity (Wildman–Crippen MR) is 121 cm³/mol. The minimum atomic E-state index is -0.393. The van der Waals surface area contributed by atoms with Crippen molar-refractivity contribution in [1.82, 2.24) is 9.55 Å². The van der Waals surface area contributed by atoms with Crippen LogP contribution in [0.1, 0.15) is 52.9 Å². The normalized spacial score (nSPS) is 14.5. The summed E-state index contributed by atoms with van der Waals surface area (Å²) in [5.74, 6) is -0.710. The first kappa shape index (κ1) is 21.2. The van der Waals surface area contributed by atoms with Crippen molar-refractivity contribution in [3.8, 4) is 0 Å². The number of ether oxygens (including phenoxy) is 1. The first-order valence-electron chi connectivity index (χ1n) is 10.5. The van der Waals surface area contributed by atoms with Crippen LogP contribution in [0.2, 0.25) is 0 Å². The van der Waals surface area contributed by atoms with E-state index in [4.69, 9.17) is 4.74 Å². The molecule has 7 nitrogen and oxygen atoms in total. The maximum Gasteiger partial charge on any atom is 0.348 e. The van der Waals surface area contributed by atoms with Crippen molar-refractivity contribution in [2.24, 2.45) is 0 Å². The van der Waals surface area contributed by atoms with Gasteiger partial charge in [0.15, 0.2) is 0 Å². The number of aromatic nitrogens is 2. The highest BCUT2D eigenvalue weighted by atomic mass is 32.1. The number of nitrogens with one attached hydrogen (secondary N) is 1. The molecule has 2 aromatic heterocycles. The van der Waals surface area contributed by atoms with Crippen LogP contribution in [0.4, 0.5) is 5.69 Å². The lowest BCUT2D eigenvalue weighted by Crippen LogP contribution is -2.28. The second-order valence-corrected chi connectivity index (χ2v) is 8.94. The molecule has 0 atom stereocenters. The van der Waals surface area contributed by atoms with E-state index in [0.29, 0.717) is 26.3 Å². The van der Waals surface area contributed by atoms with E-state index < -0.39 is 5.97 Å². The van der Waals surface area contributed by atoms with Crippen LogP contribution in [0.15, 0.2) is 35.4 Å². The summed E-state index contributed by atoms with van der Waals surface area (Å²) in [6.07, 6.45) is 6.39. The van der Waals surface area contributed by atoms with Gasteiger partial charge < -0.3 is 10.1 Å². The molecule has 0 aliphatic heterocycles. The average molecular weight is 440 g/mol. The highest BCUT2D eigenvalue weighted by Crippen LogP contribution is 2.29. The molecule has 2 heterocycles. The van der Waals surface area contributed by atoms with E-state index in [9.17, 15) is 14.4 Å². The Morgan fingerprint density at radius 2 is 1.94 bits per heavy atom. The fraction of sp³-hybridized carbons (Fsp3) is 0.391. The van der Waals surface area contributed by atoms with Crippen LogP contribution in [0.25, 0.3) is 10.2 Å². The molecule has 0 bridgehead atoms. The number of anilines is 1. The van der Waals surface area contributed by atoms with Crippen molar-refractivity contribution in [3.63, 3.8) is 0 Å². The van der Waals surface area contributed by atoms with Gasteiger partial charge in [-0.05, 0) is 56.7 Å². The summed E-state index contributed by atoms with van der Waals surface area (Å²) < 4.78 is 6.94. The van der Waals surface area contributed by atoms with E-state index in [-0.39, 0.29) is 24.1 Å². The average Bonchev–Trinajstić information content (AvgIpc) is 3.10. The lowest BCUT2D eigenvalue weighted by atomic mass is 9.98. The molecule has 1 amide bonds. The Hall–Kier alpha value is -3.00. The lowest BCUT2D eigenvalue weighted by molar-refractivity contribution is -0.116. The Morgan fingerprint density at radius 1 is 1.19 bits per heavy atom. The standard InChI is InChI=1S/C23H25N3O4S/c1-14-8-6-7-11-17(14)25-18(27)12-26-13-24-21-19(22(26)28)15(2)20(31-21)23(29)30-16-9-4-3-5-10-16/h6-8,11,13,16H,3-5,9-10,12H2,1-2H3,(H,25,27). The second-order valence-electron chi connectivity index (χ2n) is 7.94. The second kappa shape index (κ2) is 9.01. The molecule has 8 heteroatoms. The number of carbonyl (C=O) groups excluding carboxylic acids is 2. The Bertz CT molecular complexity index is 1190. The highest BCUT2D eigenvalue weighted by molar-refractivity contribution is 7.20. The van der Waals surface area contributed by atoms with Gasteiger partial charge in [0, 0.05) is 5.69 Å². The molecule has 31 heavy (non-hydrogen) atoms. The summed E-state index contributed by atoms with van der Waals surface area (Å²) in [6.45, 7) is 3.47. The molecule has 0 unspecified atom stereocenters. The number of para-hydroxylation sites is 1. The summed E-state index contributed by atoms with van der Waals surface area (Å²) in [4.78, 5) is 43.4. The van der Waals surface area contributed by atoms with Gasteiger partial charge in [-0.1, -0.05) is 24.6 Å². The van der Waals surface area contributed by atoms with Gasteiger partial charge in [0.1, 0.15) is 22.4 Å². The van der Waals surface area contributed by atoms with Crippen LogP contribution in [0.5, 0.6) is 0 Å². The van der Waals surface area contributed by atoms with E-state index >= 15 is 0 Å². The quantitative estimate of drug-likeness (QED) is 0.602. The van der Waals surface area contributed by atoms with Crippen LogP contribution in [-0.4, -0.2) is 27.5 Å². The van der Waals surface area contributed by atoms with E-state index in [1.165, 1.54) is 28.7 Å². The molecule has 1 fully saturated rings. The number of fused-ring (bicyclic) bond motifs is 1. The summed E-state index contributed by atoms with van der Waals surface area (Å²) >= 11 is 1.17. The van der Waals surface area contributed by atoms with Crippen LogP contribution in [0.3, 0.4) is 0 Å². The molecule has 3 aromatic rings. The van der Waals surface area contributed by atoms with Crippen molar-refractivity contribution in [3.05, 3.63) is 57.0 Å². The predicted octanol–water partition coefficient (Wildman–Crippen LogP) is 4.20. The number of thiophene rings is 1. The number of esters is 1. The molecule has 1 aromatic carbocycles. The molecule has 0 radical (unpaired) electrons. The maximum atomic E-state index is 13.0. The van der Waals surface area contributed by atoms with Crippen molar-refractivity contribution >= 4 is 39.1 Å². The van der Waals surface area contributed by atoms with Crippen molar-refractivity contribution in [1.29, 1.82) is 0 Å². The fourth-order valence-corrected chi connectivity index (χ4v) is 4.93. The molecule has 0 saturated heterocycles. The monoisotopic (exact) mass is 439 g/mol. The third kappa shape index (κ3) is 4.54. The van der Waals surface area contributed by atoms with Gasteiger partial charge in [0.05, 0.1) is 11.7 Å². The molecular weight excluding hydrogens is 414 g/mol. The molecule has 1 N–H and O–H groups in total. The maximum absolute atomic E-state index is 13.0. The van der Waals surface area contributed by atoms with Crippen molar-refractivity contribution in [2.45, 2.75) is 58.6 Å². The third-order valence-electron chi connectivity index (χ3n) is 5.66. The van der Waals surface area contributed by atoms with E-state index in [1.54, 1.807) is 6.92 Å². The van der Waals surface area contributed by atoms with Crippen LogP contribution in [0, 0.1) is 13.8 Å². The summed E-state index contributed by atoms with van der Waals surface area (Å²) in [5.41, 5.74) is 1.86. The SMILES string of the molecule is Cc1ccccc1NC(=O)Cn1cnc2sc(C(=O)OC3CCCCC3)c(C)c2c1=O. The first-order chi connectivity index (χ1) is 14.9. The molecular formula is C23H25N3O4S. The number of aryl methyl sites for hydroxylation is 2. The van der Waals surface area contributed by atoms with E-state index in [0.717, 1.165) is 31.2 Å². The van der Waals surface area contributed by atoms with Gasteiger partial charge in [0.25, 0.3) is 5.56 Å². The van der Waals surface area contributed by atoms with Gasteiger partial charge in [-0.3, -0.25) is 14.2 Å². The fourth-order valence-electron chi connectivity index (χ4n) is 3.91. The number of hydrogen-bond acceptors (Lipinski definition) is 6. The zero-order valence-electron chi connectivity index (χ0n) is 17.6. The summed E-state index contributed by atoms with van der Waals surface area (Å²) in [5, 5.41) is 3.19. The zero-order chi connectivity index (χ0) is 22.0. The number of benzene rings is 1. The van der Waals surface area contributed by atoms with Crippen LogP contribution < -0.4 is 10.9 Å². The van der Waals surface area contributed by atoms with Gasteiger partial charge in [-0.25, -0.2) is 9.78 Å². The molecule has 162 valence electrons. The Morgan fingerprint density at radius 3 is 2.68 bits per heavy atom. The molecule has 1 aliphatic carbocycles. The molecule has 1 saturated carbocycles. The summed E-state index contributed by atoms with van der Waals surface area (Å²) in [7, 11) is 0. The Kier molecular flexibility index (Phi) is 6.18. The number of carbonyl (C=O) groups is 2. The zero-order valence-corrected chi connectivity index (χ0v) is 18.5. The van der Waals surface area contributed by atoms with Gasteiger partial charge >= 0.3 is 5.97 Å². The van der Waals surface area contributed by atoms with Crippen molar-refractivity contribution < 1.29 is 14.3 Å². The number of rotatable bonds is 5. The smallest absolute Gasteiger partial charge is 0.348 e.